The van der Waals surface area contributed by atoms with Crippen molar-refractivity contribution in [3.63, 3.8) is 0 Å². The van der Waals surface area contributed by atoms with Crippen LogP contribution in [0.3, 0.4) is 0 Å². The summed E-state index contributed by atoms with van der Waals surface area (Å²) in [7, 11) is -3.97. The Labute approximate surface area is 149 Å². The summed E-state index contributed by atoms with van der Waals surface area (Å²) in [6, 6.07) is 6.16. The number of nitrogens with one attached hydrogen (secondary N) is 1. The number of amides is 1. The summed E-state index contributed by atoms with van der Waals surface area (Å²) in [4.78, 5) is 13.9. The maximum atomic E-state index is 12.5. The van der Waals surface area contributed by atoms with E-state index in [9.17, 15) is 13.2 Å². The van der Waals surface area contributed by atoms with Gasteiger partial charge in [0, 0.05) is 17.4 Å². The number of ether oxygens (including phenoxy) is 2. The Bertz CT molecular complexity index is 911. The van der Waals surface area contributed by atoms with E-state index in [-0.39, 0.29) is 4.90 Å². The van der Waals surface area contributed by atoms with Crippen molar-refractivity contribution in [2.24, 2.45) is 0 Å². The Morgan fingerprint density at radius 1 is 1.04 bits per heavy atom. The lowest BCUT2D eigenvalue weighted by molar-refractivity contribution is 0.0985. The molecule has 2 heterocycles. The molecule has 1 aliphatic heterocycles. The summed E-state index contributed by atoms with van der Waals surface area (Å²) >= 11 is 1.37. The molecule has 1 aliphatic carbocycles. The predicted octanol–water partition coefficient (Wildman–Crippen LogP) is 2.52. The Balaban J connectivity index is 1.56. The summed E-state index contributed by atoms with van der Waals surface area (Å²) < 4.78 is 38.2. The molecule has 0 unspecified atom stereocenters. The minimum Gasteiger partial charge on any atom is -0.490 e. The predicted molar refractivity (Wildman–Crippen MR) is 93.0 cm³/mol. The van der Waals surface area contributed by atoms with E-state index in [1.165, 1.54) is 28.3 Å². The van der Waals surface area contributed by atoms with Gasteiger partial charge in [-0.2, -0.15) is 0 Å². The number of benzene rings is 1. The van der Waals surface area contributed by atoms with E-state index >= 15 is 0 Å². The van der Waals surface area contributed by atoms with Crippen LogP contribution in [0.15, 0.2) is 29.2 Å². The number of aryl methyl sites for hydroxylation is 2. The second kappa shape index (κ2) is 6.34. The second-order valence-electron chi connectivity index (χ2n) is 6.01. The molecule has 8 heteroatoms. The van der Waals surface area contributed by atoms with Crippen LogP contribution in [0.4, 0.5) is 0 Å². The van der Waals surface area contributed by atoms with Gasteiger partial charge in [-0.15, -0.1) is 11.3 Å². The number of rotatable bonds is 3. The molecule has 0 bridgehead atoms. The Kier molecular flexibility index (Phi) is 4.16. The van der Waals surface area contributed by atoms with Gasteiger partial charge in [0.1, 0.15) is 0 Å². The normalized spacial score (nSPS) is 16.2. The van der Waals surface area contributed by atoms with Crippen LogP contribution < -0.4 is 14.2 Å². The maximum Gasteiger partial charge on any atom is 0.275 e. The van der Waals surface area contributed by atoms with Gasteiger partial charge in [0.15, 0.2) is 11.5 Å². The molecule has 0 fully saturated rings. The first kappa shape index (κ1) is 16.4. The van der Waals surface area contributed by atoms with Crippen molar-refractivity contribution in [1.82, 2.24) is 4.72 Å². The molecular formula is C17H17NO5S2. The van der Waals surface area contributed by atoms with E-state index < -0.39 is 15.9 Å². The number of thiophene rings is 1. The van der Waals surface area contributed by atoms with Crippen molar-refractivity contribution in [2.45, 2.75) is 30.6 Å². The number of sulfonamides is 1. The summed E-state index contributed by atoms with van der Waals surface area (Å²) in [5.41, 5.74) is 1.16. The molecule has 0 spiro atoms. The smallest absolute Gasteiger partial charge is 0.275 e. The first-order chi connectivity index (χ1) is 12.0. The molecule has 1 aromatic carbocycles. The second-order valence-corrected chi connectivity index (χ2v) is 8.83. The van der Waals surface area contributed by atoms with Gasteiger partial charge in [-0.05, 0) is 43.0 Å². The van der Waals surface area contributed by atoms with Crippen molar-refractivity contribution >= 4 is 27.3 Å². The number of carbonyl (C=O) groups is 1. The third-order valence-corrected chi connectivity index (χ3v) is 6.79. The van der Waals surface area contributed by atoms with Gasteiger partial charge in [-0.3, -0.25) is 4.79 Å². The van der Waals surface area contributed by atoms with E-state index in [1.807, 2.05) is 0 Å². The van der Waals surface area contributed by atoms with Crippen molar-refractivity contribution in [2.75, 3.05) is 13.2 Å². The highest BCUT2D eigenvalue weighted by molar-refractivity contribution is 7.90. The largest absolute Gasteiger partial charge is 0.490 e. The lowest BCUT2D eigenvalue weighted by Gasteiger charge is -2.10. The quantitative estimate of drug-likeness (QED) is 0.886. The summed E-state index contributed by atoms with van der Waals surface area (Å²) in [6.07, 6.45) is 3.74. The van der Waals surface area contributed by atoms with Gasteiger partial charge in [0.25, 0.3) is 15.9 Å². The molecule has 1 aromatic heterocycles. The third-order valence-electron chi connectivity index (χ3n) is 4.23. The van der Waals surface area contributed by atoms with Crippen LogP contribution in [0.2, 0.25) is 0 Å². The molecule has 1 N–H and O–H groups in total. The van der Waals surface area contributed by atoms with Gasteiger partial charge in [-0.1, -0.05) is 0 Å². The van der Waals surface area contributed by atoms with Crippen LogP contribution in [-0.4, -0.2) is 27.5 Å². The Morgan fingerprint density at radius 3 is 2.64 bits per heavy atom. The van der Waals surface area contributed by atoms with Crippen molar-refractivity contribution in [1.29, 1.82) is 0 Å². The molecular weight excluding hydrogens is 362 g/mol. The number of hydrogen-bond donors (Lipinski definition) is 1. The van der Waals surface area contributed by atoms with Crippen LogP contribution in [-0.2, 0) is 22.9 Å². The zero-order valence-corrected chi connectivity index (χ0v) is 15.0. The monoisotopic (exact) mass is 379 g/mol. The van der Waals surface area contributed by atoms with Gasteiger partial charge in [0.05, 0.1) is 23.0 Å². The van der Waals surface area contributed by atoms with Gasteiger partial charge in [-0.25, -0.2) is 13.1 Å². The average Bonchev–Trinajstić information content (AvgIpc) is 3.09. The molecule has 132 valence electrons. The molecule has 4 rings (SSSR count). The van der Waals surface area contributed by atoms with Crippen LogP contribution in [0, 0.1) is 0 Å². The van der Waals surface area contributed by atoms with E-state index in [4.69, 9.17) is 9.47 Å². The molecule has 2 aliphatic rings. The topological polar surface area (TPSA) is 81.7 Å². The van der Waals surface area contributed by atoms with Crippen LogP contribution in [0.1, 0.15) is 33.0 Å². The van der Waals surface area contributed by atoms with E-state index in [0.29, 0.717) is 29.6 Å². The fraction of sp³-hybridized carbons (Fsp3) is 0.353. The molecule has 0 saturated heterocycles. The highest BCUT2D eigenvalue weighted by atomic mass is 32.2. The minimum absolute atomic E-state index is 0.0193. The van der Waals surface area contributed by atoms with Crippen LogP contribution in [0.5, 0.6) is 11.5 Å². The summed E-state index contributed by atoms with van der Waals surface area (Å²) in [5.74, 6) is 0.298. The summed E-state index contributed by atoms with van der Waals surface area (Å²) in [5, 5.41) is 0. The molecule has 6 nitrogen and oxygen atoms in total. The molecule has 0 saturated carbocycles. The fourth-order valence-electron chi connectivity index (χ4n) is 2.98. The number of fused-ring (bicyclic) bond motifs is 2. The van der Waals surface area contributed by atoms with Gasteiger partial charge >= 0.3 is 0 Å². The molecule has 25 heavy (non-hydrogen) atoms. The molecule has 1 amide bonds. The Hall–Kier alpha value is -2.06. The molecule has 0 atom stereocenters. The van der Waals surface area contributed by atoms with E-state index in [1.54, 1.807) is 12.1 Å². The minimum atomic E-state index is -3.97. The van der Waals surface area contributed by atoms with E-state index in [0.717, 1.165) is 31.2 Å². The highest BCUT2D eigenvalue weighted by Gasteiger charge is 2.24. The molecule has 2 aromatic rings. The van der Waals surface area contributed by atoms with Gasteiger partial charge in [0.2, 0.25) is 0 Å². The van der Waals surface area contributed by atoms with Gasteiger partial charge < -0.3 is 9.47 Å². The zero-order valence-electron chi connectivity index (χ0n) is 13.4. The Morgan fingerprint density at radius 2 is 1.84 bits per heavy atom. The van der Waals surface area contributed by atoms with Crippen LogP contribution >= 0.6 is 11.3 Å². The maximum absolute atomic E-state index is 12.5. The summed E-state index contributed by atoms with van der Waals surface area (Å²) in [6.45, 7) is 0.989. The lowest BCUT2D eigenvalue weighted by Crippen LogP contribution is -2.30. The van der Waals surface area contributed by atoms with Crippen LogP contribution in [0.25, 0.3) is 0 Å². The number of hydrogen-bond acceptors (Lipinski definition) is 6. The third kappa shape index (κ3) is 3.23. The lowest BCUT2D eigenvalue weighted by atomic mass is 10.2. The SMILES string of the molecule is O=C(NS(=O)(=O)c1ccc2c(c1)OCCCO2)c1cc2c(s1)CCC2. The first-order valence-corrected chi connectivity index (χ1v) is 10.4. The number of carbonyl (C=O) groups excluding carboxylic acids is 1. The first-order valence-electron chi connectivity index (χ1n) is 8.11. The molecule has 0 radical (unpaired) electrons. The van der Waals surface area contributed by atoms with Crippen molar-refractivity contribution in [3.8, 4) is 11.5 Å². The average molecular weight is 379 g/mol. The highest BCUT2D eigenvalue weighted by Crippen LogP contribution is 2.33. The van der Waals surface area contributed by atoms with Crippen molar-refractivity contribution < 1.29 is 22.7 Å². The standard InChI is InChI=1S/C17H17NO5S2/c19-17(16-9-11-3-1-4-15(11)24-16)18-25(20,21)12-5-6-13-14(10-12)23-8-2-7-22-13/h5-6,9-10H,1-4,7-8H2,(H,18,19). The fourth-order valence-corrected chi connectivity index (χ4v) is 5.18. The van der Waals surface area contributed by atoms with Crippen molar-refractivity contribution in [3.05, 3.63) is 39.6 Å². The van der Waals surface area contributed by atoms with E-state index in [2.05, 4.69) is 4.72 Å². The zero-order chi connectivity index (χ0) is 17.4.